The molecule has 0 amide bonds. The van der Waals surface area contributed by atoms with Crippen molar-refractivity contribution in [2.45, 2.75) is 19.8 Å². The molecule has 68 valence electrons. The number of rotatable bonds is 4. The largest absolute Gasteiger partial charge is 0.359 e. The van der Waals surface area contributed by atoms with E-state index in [1.807, 2.05) is 0 Å². The number of nitrogens with two attached hydrogens (primary N) is 1. The Bertz CT molecular complexity index is 233. The van der Waals surface area contributed by atoms with Gasteiger partial charge in [-0.05, 0) is 0 Å². The van der Waals surface area contributed by atoms with E-state index >= 15 is 0 Å². The highest BCUT2D eigenvalue weighted by Gasteiger charge is 2.05. The van der Waals surface area contributed by atoms with Gasteiger partial charge in [0.15, 0.2) is 0 Å². The first-order valence-electron chi connectivity index (χ1n) is 4.01. The summed E-state index contributed by atoms with van der Waals surface area (Å²) in [5.74, 6) is 0.455. The van der Waals surface area contributed by atoms with E-state index in [2.05, 4.69) is 29.4 Å². The van der Waals surface area contributed by atoms with Gasteiger partial charge >= 0.3 is 0 Å². The van der Waals surface area contributed by atoms with Gasteiger partial charge in [0, 0.05) is 19.0 Å². The van der Waals surface area contributed by atoms with E-state index in [4.69, 9.17) is 5.73 Å². The average molecular weight is 186 g/mol. The van der Waals surface area contributed by atoms with Gasteiger partial charge in [-0.25, -0.2) is 0 Å². The maximum Gasteiger partial charge on any atom is 0.205 e. The van der Waals surface area contributed by atoms with Gasteiger partial charge in [0.2, 0.25) is 5.13 Å². The Morgan fingerprint density at radius 3 is 2.75 bits per heavy atom. The second-order valence-electron chi connectivity index (χ2n) is 2.82. The van der Waals surface area contributed by atoms with E-state index in [1.165, 1.54) is 0 Å². The van der Waals surface area contributed by atoms with Gasteiger partial charge in [0.05, 0.1) is 0 Å². The van der Waals surface area contributed by atoms with Crippen LogP contribution in [0.3, 0.4) is 0 Å². The summed E-state index contributed by atoms with van der Waals surface area (Å²) in [7, 11) is 0. The Hall–Kier alpha value is -0.680. The smallest absolute Gasteiger partial charge is 0.205 e. The summed E-state index contributed by atoms with van der Waals surface area (Å²) in [5.41, 5.74) is 5.34. The fourth-order valence-electron chi connectivity index (χ4n) is 0.718. The third-order valence-corrected chi connectivity index (χ3v) is 2.54. The van der Waals surface area contributed by atoms with Crippen molar-refractivity contribution in [1.82, 2.24) is 10.2 Å². The van der Waals surface area contributed by atoms with Gasteiger partial charge in [0.1, 0.15) is 5.01 Å². The molecular formula is C7H14N4S. The van der Waals surface area contributed by atoms with Crippen molar-refractivity contribution in [1.29, 1.82) is 0 Å². The van der Waals surface area contributed by atoms with Crippen molar-refractivity contribution in [3.63, 3.8) is 0 Å². The summed E-state index contributed by atoms with van der Waals surface area (Å²) < 4.78 is 0. The van der Waals surface area contributed by atoms with E-state index in [0.717, 1.165) is 16.7 Å². The molecule has 0 saturated carbocycles. The summed E-state index contributed by atoms with van der Waals surface area (Å²) in [5, 5.41) is 13.0. The predicted octanol–water partition coefficient (Wildman–Crippen LogP) is 1.03. The van der Waals surface area contributed by atoms with Gasteiger partial charge < -0.3 is 11.1 Å². The van der Waals surface area contributed by atoms with Gasteiger partial charge in [-0.1, -0.05) is 25.2 Å². The van der Waals surface area contributed by atoms with Crippen LogP contribution in [0, 0.1) is 0 Å². The van der Waals surface area contributed by atoms with E-state index in [0.29, 0.717) is 12.5 Å². The number of hydrogen-bond donors (Lipinski definition) is 2. The van der Waals surface area contributed by atoms with Crippen LogP contribution in [-0.2, 0) is 0 Å². The molecule has 0 aliphatic rings. The molecule has 0 aliphatic heterocycles. The molecule has 1 aromatic rings. The Labute approximate surface area is 76.2 Å². The summed E-state index contributed by atoms with van der Waals surface area (Å²) in [6.45, 7) is 5.59. The van der Waals surface area contributed by atoms with Crippen molar-refractivity contribution in [3.05, 3.63) is 5.01 Å². The first-order valence-corrected chi connectivity index (χ1v) is 4.83. The number of anilines is 1. The van der Waals surface area contributed by atoms with E-state index < -0.39 is 0 Å². The Morgan fingerprint density at radius 2 is 2.25 bits per heavy atom. The molecule has 3 N–H and O–H groups in total. The molecule has 0 aromatic carbocycles. The molecule has 0 saturated heterocycles. The molecule has 0 atom stereocenters. The zero-order valence-electron chi connectivity index (χ0n) is 7.37. The second-order valence-corrected chi connectivity index (χ2v) is 3.82. The number of hydrogen-bond acceptors (Lipinski definition) is 5. The molecule has 1 rings (SSSR count). The molecule has 0 spiro atoms. The van der Waals surface area contributed by atoms with Crippen LogP contribution in [0.15, 0.2) is 0 Å². The van der Waals surface area contributed by atoms with E-state index in [9.17, 15) is 0 Å². The number of aromatic nitrogens is 2. The number of nitrogens with zero attached hydrogens (tertiary/aromatic N) is 2. The summed E-state index contributed by atoms with van der Waals surface area (Å²) in [6.07, 6.45) is 0. The Morgan fingerprint density at radius 1 is 1.50 bits per heavy atom. The predicted molar refractivity (Wildman–Crippen MR) is 51.5 cm³/mol. The monoisotopic (exact) mass is 186 g/mol. The Balaban J connectivity index is 2.52. The molecule has 1 aromatic heterocycles. The zero-order chi connectivity index (χ0) is 8.97. The SMILES string of the molecule is CC(C)c1nnc(NCCN)s1. The van der Waals surface area contributed by atoms with Crippen LogP contribution < -0.4 is 11.1 Å². The van der Waals surface area contributed by atoms with Gasteiger partial charge in [-0.3, -0.25) is 0 Å². The van der Waals surface area contributed by atoms with Gasteiger partial charge in [0.25, 0.3) is 0 Å². The minimum Gasteiger partial charge on any atom is -0.359 e. The number of nitrogens with one attached hydrogen (secondary N) is 1. The van der Waals surface area contributed by atoms with E-state index in [1.54, 1.807) is 11.3 Å². The lowest BCUT2D eigenvalue weighted by molar-refractivity contribution is 0.824. The van der Waals surface area contributed by atoms with Crippen LogP contribution in [0.5, 0.6) is 0 Å². The molecule has 0 radical (unpaired) electrons. The molecule has 0 unspecified atom stereocenters. The molecule has 4 nitrogen and oxygen atoms in total. The first-order chi connectivity index (χ1) is 5.74. The Kier molecular flexibility index (Phi) is 3.43. The molecule has 0 fully saturated rings. The molecule has 1 heterocycles. The van der Waals surface area contributed by atoms with Crippen molar-refractivity contribution in [2.24, 2.45) is 5.73 Å². The molecule has 0 bridgehead atoms. The highest BCUT2D eigenvalue weighted by atomic mass is 32.1. The maximum absolute atomic E-state index is 5.34. The van der Waals surface area contributed by atoms with Crippen molar-refractivity contribution in [2.75, 3.05) is 18.4 Å². The fourth-order valence-corrected chi connectivity index (χ4v) is 1.49. The lowest BCUT2D eigenvalue weighted by Crippen LogP contribution is -2.12. The van der Waals surface area contributed by atoms with Crippen LogP contribution in [0.2, 0.25) is 0 Å². The molecular weight excluding hydrogens is 172 g/mol. The first kappa shape index (κ1) is 9.41. The van der Waals surface area contributed by atoms with Crippen LogP contribution in [0.4, 0.5) is 5.13 Å². The lowest BCUT2D eigenvalue weighted by atomic mass is 10.2. The normalized spacial score (nSPS) is 10.7. The fraction of sp³-hybridized carbons (Fsp3) is 0.714. The van der Waals surface area contributed by atoms with Gasteiger partial charge in [-0.15, -0.1) is 10.2 Å². The highest BCUT2D eigenvalue weighted by Crippen LogP contribution is 2.21. The standard InChI is InChI=1S/C7H14N4S/c1-5(2)6-10-11-7(12-6)9-4-3-8/h5H,3-4,8H2,1-2H3,(H,9,11). The lowest BCUT2D eigenvalue weighted by Gasteiger charge is -1.96. The topological polar surface area (TPSA) is 63.8 Å². The molecule has 0 aliphatic carbocycles. The third-order valence-electron chi connectivity index (χ3n) is 1.36. The summed E-state index contributed by atoms with van der Waals surface area (Å²) in [4.78, 5) is 0. The van der Waals surface area contributed by atoms with Crippen LogP contribution >= 0.6 is 11.3 Å². The van der Waals surface area contributed by atoms with Crippen LogP contribution in [0.1, 0.15) is 24.8 Å². The average Bonchev–Trinajstić information content (AvgIpc) is 2.48. The van der Waals surface area contributed by atoms with Crippen molar-refractivity contribution < 1.29 is 0 Å². The maximum atomic E-state index is 5.34. The summed E-state index contributed by atoms with van der Waals surface area (Å²) in [6, 6.07) is 0. The van der Waals surface area contributed by atoms with Crippen molar-refractivity contribution in [3.8, 4) is 0 Å². The minimum absolute atomic E-state index is 0.455. The summed E-state index contributed by atoms with van der Waals surface area (Å²) >= 11 is 1.59. The van der Waals surface area contributed by atoms with Crippen LogP contribution in [-0.4, -0.2) is 23.3 Å². The van der Waals surface area contributed by atoms with Crippen molar-refractivity contribution >= 4 is 16.5 Å². The molecule has 5 heteroatoms. The van der Waals surface area contributed by atoms with Crippen LogP contribution in [0.25, 0.3) is 0 Å². The molecule has 12 heavy (non-hydrogen) atoms. The minimum atomic E-state index is 0.455. The van der Waals surface area contributed by atoms with E-state index in [-0.39, 0.29) is 0 Å². The van der Waals surface area contributed by atoms with Gasteiger partial charge in [-0.2, -0.15) is 0 Å². The second kappa shape index (κ2) is 4.37. The highest BCUT2D eigenvalue weighted by molar-refractivity contribution is 7.15. The quantitative estimate of drug-likeness (QED) is 0.737. The zero-order valence-corrected chi connectivity index (χ0v) is 8.19. The third kappa shape index (κ3) is 2.42.